The Labute approximate surface area is 129 Å². The van der Waals surface area contributed by atoms with Gasteiger partial charge >= 0.3 is 0 Å². The van der Waals surface area contributed by atoms with Gasteiger partial charge in [-0.15, -0.1) is 11.3 Å². The van der Waals surface area contributed by atoms with Gasteiger partial charge in [0.05, 0.1) is 0 Å². The quantitative estimate of drug-likeness (QED) is 0.922. The average molecular weight is 303 g/mol. The Kier molecular flexibility index (Phi) is 4.70. The van der Waals surface area contributed by atoms with Crippen LogP contribution < -0.4 is 5.32 Å². The van der Waals surface area contributed by atoms with Gasteiger partial charge in [-0.1, -0.05) is 25.3 Å². The zero-order valence-electron chi connectivity index (χ0n) is 12.1. The molecule has 21 heavy (non-hydrogen) atoms. The summed E-state index contributed by atoms with van der Waals surface area (Å²) in [5, 5.41) is 9.54. The fourth-order valence-corrected chi connectivity index (χ4v) is 3.80. The summed E-state index contributed by atoms with van der Waals surface area (Å²) in [7, 11) is 0. The molecule has 1 aliphatic rings. The van der Waals surface area contributed by atoms with Gasteiger partial charge in [0.25, 0.3) is 0 Å². The molecule has 112 valence electrons. The second kappa shape index (κ2) is 6.89. The van der Waals surface area contributed by atoms with Crippen molar-refractivity contribution in [3.8, 4) is 0 Å². The minimum atomic E-state index is 0.0903. The van der Waals surface area contributed by atoms with E-state index in [-0.39, 0.29) is 17.9 Å². The first-order valence-electron chi connectivity index (χ1n) is 7.65. The lowest BCUT2D eigenvalue weighted by molar-refractivity contribution is -0.126. The number of hydrogen-bond acceptors (Lipinski definition) is 3. The molecule has 1 atom stereocenters. The number of rotatable bonds is 5. The van der Waals surface area contributed by atoms with Gasteiger partial charge in [0, 0.05) is 29.7 Å². The molecule has 2 aromatic heterocycles. The summed E-state index contributed by atoms with van der Waals surface area (Å²) >= 11 is 1.70. The first-order valence-corrected chi connectivity index (χ1v) is 8.53. The maximum absolute atomic E-state index is 12.3. The molecule has 0 aliphatic heterocycles. The Bertz CT molecular complexity index is 510. The summed E-state index contributed by atoms with van der Waals surface area (Å²) in [5.41, 5.74) is 0. The van der Waals surface area contributed by atoms with Crippen molar-refractivity contribution in [3.05, 3.63) is 40.8 Å². The zero-order chi connectivity index (χ0) is 14.5. The van der Waals surface area contributed by atoms with E-state index in [9.17, 15) is 4.79 Å². The van der Waals surface area contributed by atoms with E-state index >= 15 is 0 Å². The number of carbonyl (C=O) groups is 1. The highest BCUT2D eigenvalue weighted by molar-refractivity contribution is 7.10. The molecule has 5 heteroatoms. The molecule has 1 aliphatic carbocycles. The van der Waals surface area contributed by atoms with Crippen LogP contribution in [0.15, 0.2) is 36.0 Å². The molecule has 1 N–H and O–H groups in total. The first kappa shape index (κ1) is 14.3. The number of amides is 1. The monoisotopic (exact) mass is 303 g/mol. The summed E-state index contributed by atoms with van der Waals surface area (Å²) in [6, 6.07) is 6.15. The van der Waals surface area contributed by atoms with Gasteiger partial charge in [0.1, 0.15) is 6.04 Å². The summed E-state index contributed by atoms with van der Waals surface area (Å²) in [4.78, 5) is 13.5. The maximum atomic E-state index is 12.3. The molecule has 2 aromatic rings. The molecule has 0 radical (unpaired) electrons. The van der Waals surface area contributed by atoms with Crippen molar-refractivity contribution < 1.29 is 4.79 Å². The van der Waals surface area contributed by atoms with Gasteiger partial charge in [-0.05, 0) is 30.4 Å². The second-order valence-corrected chi connectivity index (χ2v) is 6.58. The van der Waals surface area contributed by atoms with Crippen LogP contribution in [0.2, 0.25) is 0 Å². The number of nitrogens with one attached hydrogen (secondary N) is 1. The van der Waals surface area contributed by atoms with E-state index in [2.05, 4.69) is 21.9 Å². The minimum Gasteiger partial charge on any atom is -0.353 e. The van der Waals surface area contributed by atoms with E-state index in [1.54, 1.807) is 17.5 Å². The van der Waals surface area contributed by atoms with Crippen LogP contribution >= 0.6 is 11.3 Å². The van der Waals surface area contributed by atoms with Crippen LogP contribution in [0.3, 0.4) is 0 Å². The smallest absolute Gasteiger partial charge is 0.223 e. The molecular weight excluding hydrogens is 282 g/mol. The molecule has 1 saturated carbocycles. The Hall–Kier alpha value is -1.62. The van der Waals surface area contributed by atoms with Crippen LogP contribution in [0.1, 0.15) is 43.0 Å². The lowest BCUT2D eigenvalue weighted by Gasteiger charge is -2.23. The highest BCUT2D eigenvalue weighted by atomic mass is 32.1. The van der Waals surface area contributed by atoms with E-state index in [4.69, 9.17) is 0 Å². The van der Waals surface area contributed by atoms with Crippen molar-refractivity contribution in [1.29, 1.82) is 0 Å². The van der Waals surface area contributed by atoms with Crippen molar-refractivity contribution in [3.63, 3.8) is 0 Å². The number of thiophene rings is 1. The van der Waals surface area contributed by atoms with Crippen molar-refractivity contribution in [2.24, 2.45) is 5.92 Å². The molecule has 1 unspecified atom stereocenters. The van der Waals surface area contributed by atoms with E-state index in [1.807, 2.05) is 23.0 Å². The summed E-state index contributed by atoms with van der Waals surface area (Å²) in [5.74, 6) is 0.420. The van der Waals surface area contributed by atoms with Crippen LogP contribution in [0, 0.1) is 5.92 Å². The molecule has 0 saturated heterocycles. The molecule has 3 rings (SSSR count). The van der Waals surface area contributed by atoms with Crippen LogP contribution in [0.5, 0.6) is 0 Å². The minimum absolute atomic E-state index is 0.0903. The topological polar surface area (TPSA) is 46.9 Å². The Morgan fingerprint density at radius 3 is 2.90 bits per heavy atom. The van der Waals surface area contributed by atoms with Gasteiger partial charge in [0.15, 0.2) is 0 Å². The average Bonchev–Trinajstić information content (AvgIpc) is 3.22. The fourth-order valence-electron chi connectivity index (χ4n) is 2.98. The third kappa shape index (κ3) is 3.53. The van der Waals surface area contributed by atoms with Gasteiger partial charge in [-0.3, -0.25) is 9.48 Å². The van der Waals surface area contributed by atoms with Gasteiger partial charge < -0.3 is 5.32 Å². The number of aromatic nitrogens is 2. The predicted octanol–water partition coefficient (Wildman–Crippen LogP) is 3.23. The molecule has 1 fully saturated rings. The van der Waals surface area contributed by atoms with E-state index in [0.29, 0.717) is 6.54 Å². The van der Waals surface area contributed by atoms with Gasteiger partial charge in [-0.2, -0.15) is 5.10 Å². The van der Waals surface area contributed by atoms with Crippen LogP contribution in [0.25, 0.3) is 0 Å². The molecular formula is C16H21N3OS. The van der Waals surface area contributed by atoms with E-state index < -0.39 is 0 Å². The van der Waals surface area contributed by atoms with Crippen LogP contribution in [0.4, 0.5) is 0 Å². The Balaban J connectivity index is 1.64. The second-order valence-electron chi connectivity index (χ2n) is 5.60. The van der Waals surface area contributed by atoms with Crippen LogP contribution in [-0.2, 0) is 4.79 Å². The predicted molar refractivity (Wildman–Crippen MR) is 84.3 cm³/mol. The summed E-state index contributed by atoms with van der Waals surface area (Å²) in [6.45, 7) is 0.609. The lowest BCUT2D eigenvalue weighted by Crippen LogP contribution is -2.36. The third-order valence-electron chi connectivity index (χ3n) is 4.16. The molecule has 2 heterocycles. The SMILES string of the molecule is O=C(NCC(c1cccs1)n1cccn1)C1CCCCC1. The highest BCUT2D eigenvalue weighted by Crippen LogP contribution is 2.25. The van der Waals surface area contributed by atoms with Gasteiger partial charge in [0.2, 0.25) is 5.91 Å². The molecule has 1 amide bonds. The Morgan fingerprint density at radius 2 is 2.24 bits per heavy atom. The van der Waals surface area contributed by atoms with Crippen molar-refractivity contribution in [2.45, 2.75) is 38.1 Å². The molecule has 0 bridgehead atoms. The van der Waals surface area contributed by atoms with Crippen molar-refractivity contribution >= 4 is 17.2 Å². The third-order valence-corrected chi connectivity index (χ3v) is 5.13. The number of carbonyl (C=O) groups excluding carboxylic acids is 1. The standard InChI is InChI=1S/C16H21N3OS/c20-16(13-6-2-1-3-7-13)17-12-14(15-8-4-11-21-15)19-10-5-9-18-19/h4-5,8-11,13-14H,1-3,6-7,12H2,(H,17,20). The maximum Gasteiger partial charge on any atom is 0.223 e. The first-order chi connectivity index (χ1) is 10.3. The largest absolute Gasteiger partial charge is 0.353 e. The summed E-state index contributed by atoms with van der Waals surface area (Å²) in [6.07, 6.45) is 9.46. The normalized spacial score (nSPS) is 17.5. The van der Waals surface area contributed by atoms with Crippen molar-refractivity contribution in [2.75, 3.05) is 6.54 Å². The zero-order valence-corrected chi connectivity index (χ0v) is 12.9. The molecule has 0 spiro atoms. The van der Waals surface area contributed by atoms with Crippen LogP contribution in [-0.4, -0.2) is 22.2 Å². The summed E-state index contributed by atoms with van der Waals surface area (Å²) < 4.78 is 1.92. The van der Waals surface area contributed by atoms with E-state index in [0.717, 1.165) is 12.8 Å². The molecule has 4 nitrogen and oxygen atoms in total. The number of hydrogen-bond donors (Lipinski definition) is 1. The van der Waals surface area contributed by atoms with E-state index in [1.165, 1.54) is 24.1 Å². The fraction of sp³-hybridized carbons (Fsp3) is 0.500. The number of nitrogens with zero attached hydrogens (tertiary/aromatic N) is 2. The van der Waals surface area contributed by atoms with Gasteiger partial charge in [-0.25, -0.2) is 0 Å². The Morgan fingerprint density at radius 1 is 1.38 bits per heavy atom. The van der Waals surface area contributed by atoms with Crippen molar-refractivity contribution in [1.82, 2.24) is 15.1 Å². The lowest BCUT2D eigenvalue weighted by atomic mass is 9.88. The highest BCUT2D eigenvalue weighted by Gasteiger charge is 2.23. The molecule has 0 aromatic carbocycles.